The number of ether oxygens (including phenoxy) is 3. The van der Waals surface area contributed by atoms with Crippen LogP contribution in [0.2, 0.25) is 0 Å². The normalized spacial score (nSPS) is 11.2. The summed E-state index contributed by atoms with van der Waals surface area (Å²) in [5, 5.41) is 0. The van der Waals surface area contributed by atoms with E-state index >= 15 is 0 Å². The summed E-state index contributed by atoms with van der Waals surface area (Å²) in [4.78, 5) is 19.3. The molecule has 2 N–H and O–H groups in total. The Morgan fingerprint density at radius 3 is 2.61 bits per heavy atom. The first-order chi connectivity index (χ1) is 13.5. The van der Waals surface area contributed by atoms with Crippen LogP contribution in [0.5, 0.6) is 17.9 Å². The number of hydrogen-bond acceptors (Lipinski definition) is 9. The van der Waals surface area contributed by atoms with Crippen molar-refractivity contribution in [3.8, 4) is 17.9 Å². The van der Waals surface area contributed by atoms with Crippen LogP contribution in [0.1, 0.15) is 12.5 Å². The third kappa shape index (κ3) is 4.39. The molecule has 0 aliphatic rings. The summed E-state index contributed by atoms with van der Waals surface area (Å²) in [7, 11) is 5.54. The molecule has 10 heteroatoms. The van der Waals surface area contributed by atoms with Crippen LogP contribution in [-0.4, -0.2) is 70.4 Å². The summed E-state index contributed by atoms with van der Waals surface area (Å²) < 4.78 is 18.2. The van der Waals surface area contributed by atoms with Crippen LogP contribution in [0.25, 0.3) is 11.2 Å². The lowest BCUT2D eigenvalue weighted by Gasteiger charge is -2.11. The Kier molecular flexibility index (Phi) is 6.09. The van der Waals surface area contributed by atoms with Gasteiger partial charge in [0.15, 0.2) is 17.0 Å². The van der Waals surface area contributed by atoms with Crippen LogP contribution in [0.3, 0.4) is 0 Å². The smallest absolute Gasteiger partial charge is 0.320 e. The molecule has 28 heavy (non-hydrogen) atoms. The third-order valence-corrected chi connectivity index (χ3v) is 3.95. The van der Waals surface area contributed by atoms with Crippen molar-refractivity contribution in [2.24, 2.45) is 0 Å². The molecule has 0 radical (unpaired) electrons. The van der Waals surface area contributed by atoms with Gasteiger partial charge in [-0.2, -0.15) is 15.0 Å². The number of nitrogen functional groups attached to an aromatic ring is 1. The van der Waals surface area contributed by atoms with Crippen molar-refractivity contribution in [3.63, 3.8) is 0 Å². The van der Waals surface area contributed by atoms with Gasteiger partial charge in [-0.1, -0.05) is 6.07 Å². The highest BCUT2D eigenvalue weighted by Gasteiger charge is 2.18. The Hall–Kier alpha value is -3.14. The maximum absolute atomic E-state index is 6.01. The second-order valence-corrected chi connectivity index (χ2v) is 6.34. The fourth-order valence-corrected chi connectivity index (χ4v) is 2.58. The van der Waals surface area contributed by atoms with E-state index in [1.54, 1.807) is 17.9 Å². The average molecular weight is 387 g/mol. The van der Waals surface area contributed by atoms with Gasteiger partial charge in [0.2, 0.25) is 5.88 Å². The molecule has 0 saturated carbocycles. The van der Waals surface area contributed by atoms with Gasteiger partial charge in [-0.25, -0.2) is 4.98 Å². The lowest BCUT2D eigenvalue weighted by atomic mass is 10.3. The summed E-state index contributed by atoms with van der Waals surface area (Å²) in [6.07, 6.45) is 1.75. The Balaban J connectivity index is 1.84. The largest absolute Gasteiger partial charge is 0.476 e. The van der Waals surface area contributed by atoms with Gasteiger partial charge >= 0.3 is 6.01 Å². The molecular weight excluding hydrogens is 362 g/mol. The number of nitrogens with zero attached hydrogens (tertiary/aromatic N) is 6. The number of hydrogen-bond donors (Lipinski definition) is 1. The maximum atomic E-state index is 6.01. The van der Waals surface area contributed by atoms with Gasteiger partial charge in [0.1, 0.15) is 6.61 Å². The van der Waals surface area contributed by atoms with Gasteiger partial charge in [-0.05, 0) is 26.6 Å². The Morgan fingerprint density at radius 1 is 1.14 bits per heavy atom. The molecular formula is C18H25N7O3. The molecule has 0 atom stereocenters. The SMILES string of the molecule is CCOc1nc(N)c2nc(OC)n(Cc3ccc(OCCN(C)C)nc3)c2n1. The maximum Gasteiger partial charge on any atom is 0.320 e. The zero-order valence-electron chi connectivity index (χ0n) is 16.5. The Morgan fingerprint density at radius 2 is 1.96 bits per heavy atom. The van der Waals surface area contributed by atoms with E-state index in [4.69, 9.17) is 19.9 Å². The number of pyridine rings is 1. The second kappa shape index (κ2) is 8.70. The number of aromatic nitrogens is 5. The van der Waals surface area contributed by atoms with Gasteiger partial charge in [0.05, 0.1) is 20.3 Å². The summed E-state index contributed by atoms with van der Waals surface area (Å²) in [5.41, 5.74) is 7.96. The molecule has 0 saturated heterocycles. The van der Waals surface area contributed by atoms with E-state index in [0.29, 0.717) is 42.8 Å². The predicted octanol–water partition coefficient (Wildman–Crippen LogP) is 1.20. The number of rotatable bonds is 9. The number of nitrogens with two attached hydrogens (primary N) is 1. The van der Waals surface area contributed by atoms with Crippen molar-refractivity contribution in [1.82, 2.24) is 29.4 Å². The number of likely N-dealkylation sites (N-methyl/N-ethyl adjacent to an activating group) is 1. The number of imidazole rings is 1. The van der Waals surface area contributed by atoms with Crippen LogP contribution in [0.15, 0.2) is 18.3 Å². The van der Waals surface area contributed by atoms with Gasteiger partial charge in [0.25, 0.3) is 6.01 Å². The van der Waals surface area contributed by atoms with Crippen molar-refractivity contribution in [2.75, 3.05) is 46.7 Å². The molecule has 0 fully saturated rings. The molecule has 3 heterocycles. The van der Waals surface area contributed by atoms with Gasteiger partial charge in [-0.15, -0.1) is 0 Å². The Labute approximate surface area is 163 Å². The first-order valence-electron chi connectivity index (χ1n) is 8.94. The third-order valence-electron chi connectivity index (χ3n) is 3.95. The monoisotopic (exact) mass is 387 g/mol. The summed E-state index contributed by atoms with van der Waals surface area (Å²) in [6, 6.07) is 4.37. The van der Waals surface area contributed by atoms with E-state index in [0.717, 1.165) is 12.1 Å². The summed E-state index contributed by atoms with van der Waals surface area (Å²) in [5.74, 6) is 0.825. The van der Waals surface area contributed by atoms with E-state index in [1.807, 2.05) is 33.2 Å². The molecule has 0 bridgehead atoms. The summed E-state index contributed by atoms with van der Waals surface area (Å²) >= 11 is 0. The van der Waals surface area contributed by atoms with Gasteiger partial charge in [-0.3, -0.25) is 4.57 Å². The van der Waals surface area contributed by atoms with Crippen LogP contribution in [0.4, 0.5) is 5.82 Å². The highest BCUT2D eigenvalue weighted by Crippen LogP contribution is 2.26. The molecule has 3 aromatic rings. The number of anilines is 1. The number of methoxy groups -OCH3 is 1. The molecule has 3 rings (SSSR count). The minimum atomic E-state index is 0.207. The van der Waals surface area contributed by atoms with Crippen molar-refractivity contribution in [1.29, 1.82) is 0 Å². The predicted molar refractivity (Wildman–Crippen MR) is 105 cm³/mol. The van der Waals surface area contributed by atoms with Crippen molar-refractivity contribution >= 4 is 17.0 Å². The van der Waals surface area contributed by atoms with E-state index in [9.17, 15) is 0 Å². The molecule has 0 aliphatic heterocycles. The zero-order valence-corrected chi connectivity index (χ0v) is 16.5. The lowest BCUT2D eigenvalue weighted by molar-refractivity contribution is 0.254. The van der Waals surface area contributed by atoms with Gasteiger partial charge < -0.3 is 24.8 Å². The van der Waals surface area contributed by atoms with Gasteiger partial charge in [0, 0.05) is 18.8 Å². The molecule has 10 nitrogen and oxygen atoms in total. The lowest BCUT2D eigenvalue weighted by Crippen LogP contribution is -2.19. The molecule has 0 aromatic carbocycles. The molecule has 0 unspecified atom stereocenters. The first-order valence-corrected chi connectivity index (χ1v) is 8.94. The van der Waals surface area contributed by atoms with Crippen LogP contribution < -0.4 is 19.9 Å². The van der Waals surface area contributed by atoms with Crippen molar-refractivity contribution in [2.45, 2.75) is 13.5 Å². The molecule has 0 amide bonds. The number of fused-ring (bicyclic) bond motifs is 1. The highest BCUT2D eigenvalue weighted by atomic mass is 16.5. The van der Waals surface area contributed by atoms with Crippen LogP contribution in [-0.2, 0) is 6.54 Å². The molecule has 3 aromatic heterocycles. The van der Waals surface area contributed by atoms with Crippen molar-refractivity contribution in [3.05, 3.63) is 23.9 Å². The van der Waals surface area contributed by atoms with E-state index < -0.39 is 0 Å². The zero-order chi connectivity index (χ0) is 20.1. The summed E-state index contributed by atoms with van der Waals surface area (Å²) in [6.45, 7) is 4.15. The highest BCUT2D eigenvalue weighted by molar-refractivity contribution is 5.83. The topological polar surface area (TPSA) is 113 Å². The fraction of sp³-hybridized carbons (Fsp3) is 0.444. The molecule has 150 valence electrons. The van der Waals surface area contributed by atoms with Crippen molar-refractivity contribution < 1.29 is 14.2 Å². The quantitative estimate of drug-likeness (QED) is 0.578. The average Bonchev–Trinajstić information content (AvgIpc) is 3.01. The fourth-order valence-electron chi connectivity index (χ4n) is 2.58. The van der Waals surface area contributed by atoms with E-state index in [1.165, 1.54) is 0 Å². The minimum Gasteiger partial charge on any atom is -0.476 e. The molecule has 0 spiro atoms. The van der Waals surface area contributed by atoms with Crippen LogP contribution >= 0.6 is 0 Å². The first kappa shape index (κ1) is 19.6. The minimum absolute atomic E-state index is 0.207. The Bertz CT molecular complexity index is 925. The second-order valence-electron chi connectivity index (χ2n) is 6.34. The molecule has 0 aliphatic carbocycles. The van der Waals surface area contributed by atoms with Crippen LogP contribution in [0, 0.1) is 0 Å². The standard InChI is InChI=1S/C18H25N7O3/c1-5-27-17-22-15(19)14-16(23-17)25(18(21-14)26-4)11-12-6-7-13(20-10-12)28-9-8-24(2)3/h6-7,10H,5,8-9,11H2,1-4H3,(H2,19,22,23). The van der Waals surface area contributed by atoms with E-state index in [2.05, 4.69) is 24.8 Å². The van der Waals surface area contributed by atoms with E-state index in [-0.39, 0.29) is 11.8 Å².